The third-order valence-corrected chi connectivity index (χ3v) is 3.81. The molecule has 2 aromatic rings. The van der Waals surface area contributed by atoms with Gasteiger partial charge < -0.3 is 10.7 Å². The quantitative estimate of drug-likeness (QED) is 0.651. The van der Waals surface area contributed by atoms with Crippen LogP contribution in [0.3, 0.4) is 0 Å². The summed E-state index contributed by atoms with van der Waals surface area (Å²) in [5, 5.41) is 0.693. The first kappa shape index (κ1) is 12.9. The van der Waals surface area contributed by atoms with Gasteiger partial charge >= 0.3 is 0 Å². The molecule has 94 valence electrons. The third-order valence-electron chi connectivity index (χ3n) is 2.65. The summed E-state index contributed by atoms with van der Waals surface area (Å²) in [6, 6.07) is 9.50. The van der Waals surface area contributed by atoms with Gasteiger partial charge in [-0.3, -0.25) is 4.79 Å². The number of thioether (sulfide) groups is 1. The number of aromatic nitrogens is 2. The molecule has 0 bridgehead atoms. The largest absolute Gasteiger partial charge is 0.329 e. The van der Waals surface area contributed by atoms with Crippen molar-refractivity contribution in [2.45, 2.75) is 17.3 Å². The minimum absolute atomic E-state index is 0.0942. The smallest absolute Gasteiger partial charge is 0.251 e. The fourth-order valence-electron chi connectivity index (χ4n) is 1.73. The molecule has 0 aliphatic carbocycles. The highest BCUT2D eigenvalue weighted by atomic mass is 32.2. The molecular weight excluding hydrogens is 246 g/mol. The maximum atomic E-state index is 11.2. The van der Waals surface area contributed by atoms with Gasteiger partial charge in [0.1, 0.15) is 0 Å². The van der Waals surface area contributed by atoms with E-state index < -0.39 is 0 Å². The molecule has 1 heterocycles. The molecule has 3 N–H and O–H groups in total. The average molecular weight is 261 g/mol. The molecule has 0 aliphatic heterocycles. The minimum Gasteiger partial charge on any atom is -0.329 e. The van der Waals surface area contributed by atoms with Crippen molar-refractivity contribution >= 4 is 11.8 Å². The summed E-state index contributed by atoms with van der Waals surface area (Å²) in [4.78, 5) is 18.1. The first-order chi connectivity index (χ1) is 8.70. The van der Waals surface area contributed by atoms with Gasteiger partial charge in [-0.1, -0.05) is 36.0 Å². The van der Waals surface area contributed by atoms with Crippen LogP contribution in [0.5, 0.6) is 0 Å². The van der Waals surface area contributed by atoms with Crippen LogP contribution in [0.4, 0.5) is 0 Å². The van der Waals surface area contributed by atoms with Crippen LogP contribution in [0.1, 0.15) is 16.4 Å². The predicted molar refractivity (Wildman–Crippen MR) is 73.7 cm³/mol. The van der Waals surface area contributed by atoms with Crippen molar-refractivity contribution in [2.75, 3.05) is 6.54 Å². The van der Waals surface area contributed by atoms with Crippen LogP contribution in [0.15, 0.2) is 46.5 Å². The van der Waals surface area contributed by atoms with Gasteiger partial charge in [0.25, 0.3) is 5.56 Å². The van der Waals surface area contributed by atoms with Crippen molar-refractivity contribution in [3.8, 4) is 0 Å². The van der Waals surface area contributed by atoms with Gasteiger partial charge in [0, 0.05) is 24.1 Å². The normalized spacial score (nSPS) is 12.3. The van der Waals surface area contributed by atoms with Gasteiger partial charge in [0.05, 0.1) is 0 Å². The lowest BCUT2D eigenvalue weighted by Crippen LogP contribution is -2.12. The fraction of sp³-hybridized carbons (Fsp3) is 0.231. The van der Waals surface area contributed by atoms with E-state index in [2.05, 4.69) is 29.0 Å². The molecule has 4 nitrogen and oxygen atoms in total. The highest BCUT2D eigenvalue weighted by molar-refractivity contribution is 7.99. The van der Waals surface area contributed by atoms with Crippen LogP contribution in [0, 0.1) is 6.92 Å². The van der Waals surface area contributed by atoms with E-state index in [1.54, 1.807) is 0 Å². The van der Waals surface area contributed by atoms with Gasteiger partial charge in [-0.2, -0.15) is 0 Å². The second-order valence-corrected chi connectivity index (χ2v) is 5.13. The Morgan fingerprint density at radius 3 is 2.83 bits per heavy atom. The summed E-state index contributed by atoms with van der Waals surface area (Å²) in [6.45, 7) is 2.55. The Balaban J connectivity index is 2.25. The van der Waals surface area contributed by atoms with Gasteiger partial charge in [0.2, 0.25) is 0 Å². The second-order valence-electron chi connectivity index (χ2n) is 3.94. The Morgan fingerprint density at radius 2 is 2.17 bits per heavy atom. The topological polar surface area (TPSA) is 71.8 Å². The van der Waals surface area contributed by atoms with Crippen molar-refractivity contribution in [3.63, 3.8) is 0 Å². The molecule has 1 unspecified atom stereocenters. The van der Waals surface area contributed by atoms with E-state index in [9.17, 15) is 4.79 Å². The molecule has 0 saturated heterocycles. The lowest BCUT2D eigenvalue weighted by atomic mass is 10.1. The van der Waals surface area contributed by atoms with Gasteiger partial charge in [-0.25, -0.2) is 4.98 Å². The van der Waals surface area contributed by atoms with E-state index in [0.717, 1.165) is 0 Å². The Morgan fingerprint density at radius 1 is 1.39 bits per heavy atom. The van der Waals surface area contributed by atoms with Crippen LogP contribution >= 0.6 is 11.8 Å². The Bertz CT molecular complexity index is 582. The lowest BCUT2D eigenvalue weighted by molar-refractivity contribution is 0.892. The van der Waals surface area contributed by atoms with Gasteiger partial charge in [0.15, 0.2) is 5.16 Å². The number of rotatable bonds is 4. The van der Waals surface area contributed by atoms with E-state index in [1.165, 1.54) is 35.2 Å². The molecule has 0 aliphatic rings. The van der Waals surface area contributed by atoms with Gasteiger partial charge in [-0.05, 0) is 18.1 Å². The third kappa shape index (κ3) is 3.00. The maximum absolute atomic E-state index is 11.2. The number of hydrogen-bond donors (Lipinski definition) is 2. The molecular formula is C13H15N3OS. The first-order valence-corrected chi connectivity index (χ1v) is 6.56. The van der Waals surface area contributed by atoms with Crippen molar-refractivity contribution in [2.24, 2.45) is 5.73 Å². The van der Waals surface area contributed by atoms with E-state index in [0.29, 0.717) is 11.7 Å². The number of benzene rings is 1. The monoisotopic (exact) mass is 261 g/mol. The molecule has 5 heteroatoms. The van der Waals surface area contributed by atoms with Crippen LogP contribution in [-0.2, 0) is 0 Å². The van der Waals surface area contributed by atoms with E-state index in [1.807, 2.05) is 12.1 Å². The molecule has 1 aromatic heterocycles. The standard InChI is InChI=1S/C13H15N3OS/c1-9-4-2-3-5-10(9)11(8-14)18-13-15-7-6-12(17)16-13/h2-7,11H,8,14H2,1H3,(H,15,16,17). The number of nitrogens with one attached hydrogen (secondary N) is 1. The zero-order valence-corrected chi connectivity index (χ0v) is 10.9. The Labute approximate surface area is 110 Å². The zero-order valence-electron chi connectivity index (χ0n) is 10.1. The summed E-state index contributed by atoms with van der Waals surface area (Å²) >= 11 is 1.48. The number of hydrogen-bond acceptors (Lipinski definition) is 4. The number of aromatic amines is 1. The van der Waals surface area contributed by atoms with E-state index in [-0.39, 0.29) is 10.8 Å². The number of nitrogens with zero attached hydrogens (tertiary/aromatic N) is 1. The van der Waals surface area contributed by atoms with Crippen LogP contribution in [0.25, 0.3) is 0 Å². The highest BCUT2D eigenvalue weighted by Gasteiger charge is 2.14. The van der Waals surface area contributed by atoms with Crippen molar-refractivity contribution < 1.29 is 0 Å². The van der Waals surface area contributed by atoms with Crippen molar-refractivity contribution in [1.29, 1.82) is 0 Å². The van der Waals surface area contributed by atoms with Crippen molar-refractivity contribution in [1.82, 2.24) is 9.97 Å². The molecule has 0 fully saturated rings. The Hall–Kier alpha value is -1.59. The number of H-pyrrole nitrogens is 1. The molecule has 0 amide bonds. The zero-order chi connectivity index (χ0) is 13.0. The summed E-state index contributed by atoms with van der Waals surface area (Å²) in [5.41, 5.74) is 8.04. The number of aryl methyl sites for hydroxylation is 1. The van der Waals surface area contributed by atoms with Crippen LogP contribution in [-0.4, -0.2) is 16.5 Å². The number of nitrogens with two attached hydrogens (primary N) is 1. The van der Waals surface area contributed by atoms with Gasteiger partial charge in [-0.15, -0.1) is 0 Å². The van der Waals surface area contributed by atoms with E-state index >= 15 is 0 Å². The summed E-state index contributed by atoms with van der Waals surface area (Å²) in [5.74, 6) is 0. The molecule has 18 heavy (non-hydrogen) atoms. The highest BCUT2D eigenvalue weighted by Crippen LogP contribution is 2.33. The molecule has 1 aromatic carbocycles. The van der Waals surface area contributed by atoms with E-state index in [4.69, 9.17) is 5.73 Å². The maximum Gasteiger partial charge on any atom is 0.251 e. The average Bonchev–Trinajstić information content (AvgIpc) is 2.37. The predicted octanol–water partition coefficient (Wildman–Crippen LogP) is 1.87. The second kappa shape index (κ2) is 5.84. The van der Waals surface area contributed by atoms with Crippen molar-refractivity contribution in [3.05, 3.63) is 58.0 Å². The van der Waals surface area contributed by atoms with Crippen LogP contribution < -0.4 is 11.3 Å². The Kier molecular flexibility index (Phi) is 4.17. The lowest BCUT2D eigenvalue weighted by Gasteiger charge is -2.16. The molecule has 0 saturated carbocycles. The fourth-order valence-corrected chi connectivity index (χ4v) is 2.77. The minimum atomic E-state index is -0.145. The SMILES string of the molecule is Cc1ccccc1C(CN)Sc1nccc(=O)[nH]1. The molecule has 1 atom stereocenters. The summed E-state index contributed by atoms with van der Waals surface area (Å²) < 4.78 is 0. The van der Waals surface area contributed by atoms with Crippen LogP contribution in [0.2, 0.25) is 0 Å². The summed E-state index contributed by atoms with van der Waals surface area (Å²) in [6.07, 6.45) is 1.51. The molecule has 2 rings (SSSR count). The first-order valence-electron chi connectivity index (χ1n) is 5.68. The molecule has 0 radical (unpaired) electrons. The molecule has 0 spiro atoms. The summed E-state index contributed by atoms with van der Waals surface area (Å²) in [7, 11) is 0.